The van der Waals surface area contributed by atoms with Crippen LogP contribution in [0.5, 0.6) is 0 Å². The van der Waals surface area contributed by atoms with Gasteiger partial charge in [-0.1, -0.05) is 22.0 Å². The van der Waals surface area contributed by atoms with Gasteiger partial charge in [-0.05, 0) is 36.4 Å². The second-order valence-electron chi connectivity index (χ2n) is 4.10. The minimum absolute atomic E-state index is 0.187. The van der Waals surface area contributed by atoms with Crippen molar-refractivity contribution < 1.29 is 12.8 Å². The van der Waals surface area contributed by atoms with Gasteiger partial charge in [0.2, 0.25) is 0 Å². The molecule has 0 amide bonds. The average molecular weight is 353 g/mol. The average Bonchev–Trinajstić information content (AvgIpc) is 2.85. The number of oxazole rings is 1. The van der Waals surface area contributed by atoms with Gasteiger partial charge in [-0.3, -0.25) is 4.72 Å². The highest BCUT2D eigenvalue weighted by atomic mass is 79.9. The number of aromatic nitrogens is 1. The van der Waals surface area contributed by atoms with E-state index in [-0.39, 0.29) is 4.90 Å². The molecule has 102 valence electrons. The van der Waals surface area contributed by atoms with Crippen molar-refractivity contribution in [2.75, 3.05) is 4.72 Å². The van der Waals surface area contributed by atoms with Crippen LogP contribution in [0.1, 0.15) is 0 Å². The molecule has 0 saturated heterocycles. The molecule has 2 aromatic carbocycles. The van der Waals surface area contributed by atoms with Crippen LogP contribution >= 0.6 is 15.9 Å². The van der Waals surface area contributed by atoms with E-state index in [9.17, 15) is 8.42 Å². The van der Waals surface area contributed by atoms with E-state index < -0.39 is 10.0 Å². The first-order chi connectivity index (χ1) is 9.54. The molecule has 0 aliphatic carbocycles. The molecule has 3 rings (SSSR count). The summed E-state index contributed by atoms with van der Waals surface area (Å²) in [5.74, 6) is 0. The van der Waals surface area contributed by atoms with E-state index in [2.05, 4.69) is 25.6 Å². The van der Waals surface area contributed by atoms with Crippen molar-refractivity contribution in [2.45, 2.75) is 4.90 Å². The van der Waals surface area contributed by atoms with Crippen molar-refractivity contribution in [3.8, 4) is 0 Å². The van der Waals surface area contributed by atoms with Crippen molar-refractivity contribution in [2.24, 2.45) is 0 Å². The Balaban J connectivity index is 1.96. The molecule has 7 heteroatoms. The van der Waals surface area contributed by atoms with E-state index in [1.54, 1.807) is 30.3 Å². The van der Waals surface area contributed by atoms with Gasteiger partial charge in [0.15, 0.2) is 12.0 Å². The number of benzene rings is 2. The summed E-state index contributed by atoms with van der Waals surface area (Å²) in [6, 6.07) is 11.4. The van der Waals surface area contributed by atoms with Gasteiger partial charge >= 0.3 is 0 Å². The maximum absolute atomic E-state index is 12.3. The van der Waals surface area contributed by atoms with Crippen LogP contribution < -0.4 is 4.72 Å². The Kier molecular flexibility index (Phi) is 3.23. The van der Waals surface area contributed by atoms with E-state index in [1.165, 1.54) is 18.5 Å². The van der Waals surface area contributed by atoms with Crippen LogP contribution in [0.15, 0.2) is 62.6 Å². The molecule has 3 aromatic rings. The Hall–Kier alpha value is -1.86. The highest BCUT2D eigenvalue weighted by Gasteiger charge is 2.14. The van der Waals surface area contributed by atoms with Gasteiger partial charge in [0.25, 0.3) is 10.0 Å². The summed E-state index contributed by atoms with van der Waals surface area (Å²) >= 11 is 3.25. The third-order valence-corrected chi connectivity index (χ3v) is 4.56. The first-order valence-electron chi connectivity index (χ1n) is 5.66. The van der Waals surface area contributed by atoms with Crippen molar-refractivity contribution >= 4 is 42.7 Å². The van der Waals surface area contributed by atoms with Gasteiger partial charge in [0, 0.05) is 4.47 Å². The lowest BCUT2D eigenvalue weighted by Crippen LogP contribution is -2.12. The molecule has 0 spiro atoms. The lowest BCUT2D eigenvalue weighted by molar-refractivity contribution is 0.600. The Bertz CT molecular complexity index is 874. The molecule has 1 N–H and O–H groups in total. The molecule has 0 aliphatic heterocycles. The highest BCUT2D eigenvalue weighted by Crippen LogP contribution is 2.22. The predicted octanol–water partition coefficient (Wildman–Crippen LogP) is 3.39. The molecular formula is C13H9BrN2O3S. The van der Waals surface area contributed by atoms with Gasteiger partial charge in [-0.25, -0.2) is 13.4 Å². The van der Waals surface area contributed by atoms with Gasteiger partial charge < -0.3 is 4.42 Å². The Morgan fingerprint density at radius 3 is 2.80 bits per heavy atom. The van der Waals surface area contributed by atoms with Gasteiger partial charge in [0.05, 0.1) is 10.6 Å². The van der Waals surface area contributed by atoms with Crippen LogP contribution in [0, 0.1) is 0 Å². The first-order valence-corrected chi connectivity index (χ1v) is 7.94. The Morgan fingerprint density at radius 2 is 2.00 bits per heavy atom. The molecule has 0 bridgehead atoms. The fourth-order valence-electron chi connectivity index (χ4n) is 1.77. The zero-order chi connectivity index (χ0) is 14.2. The summed E-state index contributed by atoms with van der Waals surface area (Å²) in [7, 11) is -3.63. The molecule has 0 aliphatic rings. The highest BCUT2D eigenvalue weighted by molar-refractivity contribution is 9.10. The Morgan fingerprint density at radius 1 is 1.15 bits per heavy atom. The van der Waals surface area contributed by atoms with Crippen molar-refractivity contribution in [3.05, 3.63) is 53.3 Å². The van der Waals surface area contributed by atoms with Gasteiger partial charge in [-0.15, -0.1) is 0 Å². The van der Waals surface area contributed by atoms with Crippen LogP contribution in [0.25, 0.3) is 11.1 Å². The maximum Gasteiger partial charge on any atom is 0.261 e. The number of anilines is 1. The standard InChI is InChI=1S/C13H9BrN2O3S/c14-9-2-1-3-11(6-9)20(17,18)16-10-4-5-13-12(7-10)15-8-19-13/h1-8,16H. The van der Waals surface area contributed by atoms with Crippen LogP contribution in [0.3, 0.4) is 0 Å². The van der Waals surface area contributed by atoms with Gasteiger partial charge in [0.1, 0.15) is 5.52 Å². The zero-order valence-electron chi connectivity index (χ0n) is 10.1. The number of fused-ring (bicyclic) bond motifs is 1. The lowest BCUT2D eigenvalue weighted by Gasteiger charge is -2.08. The smallest absolute Gasteiger partial charge is 0.261 e. The van der Waals surface area contributed by atoms with Crippen LogP contribution in [-0.2, 0) is 10.0 Å². The van der Waals surface area contributed by atoms with E-state index >= 15 is 0 Å². The topological polar surface area (TPSA) is 72.2 Å². The summed E-state index contributed by atoms with van der Waals surface area (Å²) < 4.78 is 32.8. The van der Waals surface area contributed by atoms with E-state index in [1.807, 2.05) is 0 Å². The van der Waals surface area contributed by atoms with Gasteiger partial charge in [-0.2, -0.15) is 0 Å². The SMILES string of the molecule is O=S(=O)(Nc1ccc2ocnc2c1)c1cccc(Br)c1. The van der Waals surface area contributed by atoms with Crippen molar-refractivity contribution in [1.82, 2.24) is 4.98 Å². The molecule has 5 nitrogen and oxygen atoms in total. The third-order valence-electron chi connectivity index (χ3n) is 2.69. The molecule has 0 radical (unpaired) electrons. The number of nitrogens with zero attached hydrogens (tertiary/aromatic N) is 1. The minimum atomic E-state index is -3.63. The molecule has 0 atom stereocenters. The summed E-state index contributed by atoms with van der Waals surface area (Å²) in [5.41, 5.74) is 1.64. The number of hydrogen-bond donors (Lipinski definition) is 1. The Labute approximate surface area is 123 Å². The zero-order valence-corrected chi connectivity index (χ0v) is 12.5. The molecule has 0 fully saturated rings. The number of sulfonamides is 1. The number of halogens is 1. The molecule has 0 saturated carbocycles. The second-order valence-corrected chi connectivity index (χ2v) is 6.70. The lowest BCUT2D eigenvalue weighted by atomic mass is 10.3. The molecule has 1 heterocycles. The van der Waals surface area contributed by atoms with Crippen molar-refractivity contribution in [1.29, 1.82) is 0 Å². The van der Waals surface area contributed by atoms with Crippen LogP contribution in [0.2, 0.25) is 0 Å². The molecule has 1 aromatic heterocycles. The monoisotopic (exact) mass is 352 g/mol. The third kappa shape index (κ3) is 2.54. The molecular weight excluding hydrogens is 344 g/mol. The van der Waals surface area contributed by atoms with Crippen LogP contribution in [0.4, 0.5) is 5.69 Å². The fraction of sp³-hybridized carbons (Fsp3) is 0. The minimum Gasteiger partial charge on any atom is -0.443 e. The maximum atomic E-state index is 12.3. The summed E-state index contributed by atoms with van der Waals surface area (Å²) in [6.45, 7) is 0. The van der Waals surface area contributed by atoms with E-state index in [4.69, 9.17) is 4.42 Å². The molecule has 20 heavy (non-hydrogen) atoms. The van der Waals surface area contributed by atoms with Crippen LogP contribution in [-0.4, -0.2) is 13.4 Å². The summed E-state index contributed by atoms with van der Waals surface area (Å²) in [5, 5.41) is 0. The largest absolute Gasteiger partial charge is 0.443 e. The summed E-state index contributed by atoms with van der Waals surface area (Å²) in [4.78, 5) is 4.17. The number of rotatable bonds is 3. The molecule has 0 unspecified atom stereocenters. The number of nitrogens with one attached hydrogen (secondary N) is 1. The predicted molar refractivity (Wildman–Crippen MR) is 79.0 cm³/mol. The first kappa shape index (κ1) is 13.1. The second kappa shape index (κ2) is 4.92. The summed E-state index contributed by atoms with van der Waals surface area (Å²) in [6.07, 6.45) is 1.32. The number of hydrogen-bond acceptors (Lipinski definition) is 4. The fourth-order valence-corrected chi connectivity index (χ4v) is 3.42. The van der Waals surface area contributed by atoms with E-state index in [0.29, 0.717) is 21.3 Å². The van der Waals surface area contributed by atoms with Crippen molar-refractivity contribution in [3.63, 3.8) is 0 Å². The quantitative estimate of drug-likeness (QED) is 0.783. The normalized spacial score (nSPS) is 11.7. The van der Waals surface area contributed by atoms with E-state index in [0.717, 1.165) is 0 Å².